The highest BCUT2D eigenvalue weighted by Crippen LogP contribution is 2.41. The SMILES string of the molecule is COC(=O)C1CC(F)(F)CCC1C(=O)OC(C)(C)C. The Labute approximate surface area is 111 Å². The van der Waals surface area contributed by atoms with Gasteiger partial charge in [-0.3, -0.25) is 9.59 Å². The molecule has 0 heterocycles. The molecule has 0 aliphatic heterocycles. The monoisotopic (exact) mass is 278 g/mol. The third-order valence-electron chi connectivity index (χ3n) is 3.04. The van der Waals surface area contributed by atoms with Gasteiger partial charge < -0.3 is 9.47 Å². The topological polar surface area (TPSA) is 52.6 Å². The number of carbonyl (C=O) groups is 2. The van der Waals surface area contributed by atoms with Crippen molar-refractivity contribution < 1.29 is 27.8 Å². The lowest BCUT2D eigenvalue weighted by Crippen LogP contribution is -2.43. The standard InChI is InChI=1S/C13H20F2O4/c1-12(2,3)19-11(17)8-5-6-13(14,15)7-9(8)10(16)18-4/h8-9H,5-7H2,1-4H3. The number of rotatable bonds is 2. The second kappa shape index (κ2) is 5.43. The van der Waals surface area contributed by atoms with Crippen molar-refractivity contribution in [2.24, 2.45) is 11.8 Å². The molecule has 6 heteroatoms. The highest BCUT2D eigenvalue weighted by molar-refractivity contribution is 5.82. The van der Waals surface area contributed by atoms with E-state index in [-0.39, 0.29) is 6.42 Å². The number of methoxy groups -OCH3 is 1. The maximum absolute atomic E-state index is 13.4. The highest BCUT2D eigenvalue weighted by Gasteiger charge is 2.48. The van der Waals surface area contributed by atoms with E-state index in [2.05, 4.69) is 4.74 Å². The van der Waals surface area contributed by atoms with Crippen molar-refractivity contribution >= 4 is 11.9 Å². The fourth-order valence-corrected chi connectivity index (χ4v) is 2.19. The van der Waals surface area contributed by atoms with Gasteiger partial charge in [-0.1, -0.05) is 0 Å². The van der Waals surface area contributed by atoms with Gasteiger partial charge in [0.25, 0.3) is 0 Å². The molecule has 2 atom stereocenters. The van der Waals surface area contributed by atoms with E-state index in [1.165, 1.54) is 0 Å². The van der Waals surface area contributed by atoms with Crippen LogP contribution in [0.25, 0.3) is 0 Å². The molecule has 1 aliphatic carbocycles. The molecule has 0 saturated heterocycles. The Morgan fingerprint density at radius 3 is 2.21 bits per heavy atom. The fraction of sp³-hybridized carbons (Fsp3) is 0.846. The van der Waals surface area contributed by atoms with Crippen LogP contribution < -0.4 is 0 Å². The van der Waals surface area contributed by atoms with Gasteiger partial charge >= 0.3 is 11.9 Å². The highest BCUT2D eigenvalue weighted by atomic mass is 19.3. The first-order valence-corrected chi connectivity index (χ1v) is 6.24. The molecule has 4 nitrogen and oxygen atoms in total. The van der Waals surface area contributed by atoms with Crippen LogP contribution in [0.2, 0.25) is 0 Å². The van der Waals surface area contributed by atoms with Crippen LogP contribution in [0.3, 0.4) is 0 Å². The quantitative estimate of drug-likeness (QED) is 0.728. The second-order valence-electron chi connectivity index (χ2n) is 5.87. The summed E-state index contributed by atoms with van der Waals surface area (Å²) in [4.78, 5) is 23.6. The first-order chi connectivity index (χ1) is 8.56. The largest absolute Gasteiger partial charge is 0.469 e. The van der Waals surface area contributed by atoms with Gasteiger partial charge in [-0.25, -0.2) is 8.78 Å². The Morgan fingerprint density at radius 2 is 1.74 bits per heavy atom. The summed E-state index contributed by atoms with van der Waals surface area (Å²) in [6, 6.07) is 0. The zero-order valence-corrected chi connectivity index (χ0v) is 11.7. The van der Waals surface area contributed by atoms with Gasteiger partial charge in [0.2, 0.25) is 5.92 Å². The average molecular weight is 278 g/mol. The summed E-state index contributed by atoms with van der Waals surface area (Å²) in [7, 11) is 1.13. The zero-order valence-electron chi connectivity index (χ0n) is 11.7. The van der Waals surface area contributed by atoms with E-state index in [9.17, 15) is 18.4 Å². The molecule has 19 heavy (non-hydrogen) atoms. The third-order valence-corrected chi connectivity index (χ3v) is 3.04. The first-order valence-electron chi connectivity index (χ1n) is 6.24. The van der Waals surface area contributed by atoms with E-state index in [0.29, 0.717) is 0 Å². The summed E-state index contributed by atoms with van der Waals surface area (Å²) in [5.74, 6) is -6.32. The number of esters is 2. The molecule has 2 unspecified atom stereocenters. The summed E-state index contributed by atoms with van der Waals surface area (Å²) < 4.78 is 36.4. The van der Waals surface area contributed by atoms with Crippen molar-refractivity contribution in [3.8, 4) is 0 Å². The molecule has 0 spiro atoms. The molecule has 1 aliphatic rings. The maximum Gasteiger partial charge on any atom is 0.310 e. The van der Waals surface area contributed by atoms with E-state index in [1.54, 1.807) is 20.8 Å². The molecular formula is C13H20F2O4. The number of alkyl halides is 2. The van der Waals surface area contributed by atoms with Crippen LogP contribution in [-0.4, -0.2) is 30.6 Å². The van der Waals surface area contributed by atoms with Gasteiger partial charge in [-0.05, 0) is 27.2 Å². The van der Waals surface area contributed by atoms with E-state index >= 15 is 0 Å². The minimum atomic E-state index is -2.93. The van der Waals surface area contributed by atoms with Crippen LogP contribution >= 0.6 is 0 Å². The Kier molecular flexibility index (Phi) is 4.53. The lowest BCUT2D eigenvalue weighted by Gasteiger charge is -2.34. The summed E-state index contributed by atoms with van der Waals surface area (Å²) in [6.45, 7) is 5.07. The van der Waals surface area contributed by atoms with Crippen LogP contribution in [-0.2, 0) is 19.1 Å². The molecule has 0 bridgehead atoms. The predicted molar refractivity (Wildman–Crippen MR) is 63.6 cm³/mol. The number of ether oxygens (including phenoxy) is 2. The van der Waals surface area contributed by atoms with Gasteiger partial charge in [-0.2, -0.15) is 0 Å². The van der Waals surface area contributed by atoms with Crippen molar-refractivity contribution in [2.45, 2.75) is 51.6 Å². The summed E-state index contributed by atoms with van der Waals surface area (Å²) in [5, 5.41) is 0. The number of hydrogen-bond acceptors (Lipinski definition) is 4. The minimum Gasteiger partial charge on any atom is -0.469 e. The maximum atomic E-state index is 13.4. The second-order valence-corrected chi connectivity index (χ2v) is 5.87. The molecule has 0 aromatic heterocycles. The molecular weight excluding hydrogens is 258 g/mol. The average Bonchev–Trinajstić information content (AvgIpc) is 2.24. The minimum absolute atomic E-state index is 0.0678. The van der Waals surface area contributed by atoms with E-state index in [1.807, 2.05) is 0 Å². The van der Waals surface area contributed by atoms with Gasteiger partial charge in [-0.15, -0.1) is 0 Å². The predicted octanol–water partition coefficient (Wildman–Crippen LogP) is 2.55. The van der Waals surface area contributed by atoms with Crippen molar-refractivity contribution in [2.75, 3.05) is 7.11 Å². The van der Waals surface area contributed by atoms with Crippen molar-refractivity contribution in [3.05, 3.63) is 0 Å². The van der Waals surface area contributed by atoms with Gasteiger partial charge in [0, 0.05) is 12.8 Å². The Bertz CT molecular complexity index is 360. The van der Waals surface area contributed by atoms with Crippen LogP contribution in [0, 0.1) is 11.8 Å². The summed E-state index contributed by atoms with van der Waals surface area (Å²) >= 11 is 0. The first kappa shape index (κ1) is 15.9. The molecule has 1 rings (SSSR count). The van der Waals surface area contributed by atoms with Crippen LogP contribution in [0.15, 0.2) is 0 Å². The smallest absolute Gasteiger partial charge is 0.310 e. The van der Waals surface area contributed by atoms with E-state index in [0.717, 1.165) is 7.11 Å². The molecule has 0 radical (unpaired) electrons. The lowest BCUT2D eigenvalue weighted by molar-refractivity contribution is -0.176. The fourth-order valence-electron chi connectivity index (χ4n) is 2.19. The van der Waals surface area contributed by atoms with Crippen LogP contribution in [0.4, 0.5) is 8.78 Å². The molecule has 1 saturated carbocycles. The van der Waals surface area contributed by atoms with E-state index in [4.69, 9.17) is 4.74 Å². The third kappa shape index (κ3) is 4.44. The van der Waals surface area contributed by atoms with Crippen LogP contribution in [0.5, 0.6) is 0 Å². The molecule has 0 aromatic rings. The molecule has 0 N–H and O–H groups in total. The normalized spacial score (nSPS) is 26.6. The summed E-state index contributed by atoms with van der Waals surface area (Å²) in [6.07, 6.45) is -1.14. The number of carbonyl (C=O) groups excluding carboxylic acids is 2. The molecule has 110 valence electrons. The van der Waals surface area contributed by atoms with E-state index < -0.39 is 48.1 Å². The Hall–Kier alpha value is -1.20. The van der Waals surface area contributed by atoms with Crippen molar-refractivity contribution in [3.63, 3.8) is 0 Å². The number of hydrogen-bond donors (Lipinski definition) is 0. The Morgan fingerprint density at radius 1 is 1.16 bits per heavy atom. The zero-order chi connectivity index (χ0) is 14.8. The van der Waals surface area contributed by atoms with Crippen LogP contribution in [0.1, 0.15) is 40.0 Å². The number of halogens is 2. The molecule has 1 fully saturated rings. The molecule has 0 aromatic carbocycles. The van der Waals surface area contributed by atoms with Gasteiger partial charge in [0.15, 0.2) is 0 Å². The Balaban J connectivity index is 2.85. The lowest BCUT2D eigenvalue weighted by atomic mass is 9.77. The van der Waals surface area contributed by atoms with Gasteiger partial charge in [0.05, 0.1) is 18.9 Å². The van der Waals surface area contributed by atoms with Crippen molar-refractivity contribution in [1.29, 1.82) is 0 Å². The summed E-state index contributed by atoms with van der Waals surface area (Å²) in [5.41, 5.74) is -0.711. The van der Waals surface area contributed by atoms with Crippen molar-refractivity contribution in [1.82, 2.24) is 0 Å². The van der Waals surface area contributed by atoms with Gasteiger partial charge in [0.1, 0.15) is 5.60 Å². The molecule has 0 amide bonds.